The Bertz CT molecular complexity index is 742. The van der Waals surface area contributed by atoms with Crippen molar-refractivity contribution in [3.63, 3.8) is 0 Å². The molecule has 0 aliphatic carbocycles. The molecule has 5 nitrogen and oxygen atoms in total. The van der Waals surface area contributed by atoms with E-state index in [1.165, 1.54) is 0 Å². The third-order valence-electron chi connectivity index (χ3n) is 4.04. The lowest BCUT2D eigenvalue weighted by atomic mass is 10.0. The highest BCUT2D eigenvalue weighted by molar-refractivity contribution is 5.93. The first-order valence-corrected chi connectivity index (χ1v) is 7.49. The van der Waals surface area contributed by atoms with E-state index in [2.05, 4.69) is 0 Å². The molecule has 23 heavy (non-hydrogen) atoms. The number of hydrogen-bond donors (Lipinski definition) is 1. The van der Waals surface area contributed by atoms with Crippen molar-refractivity contribution in [2.45, 2.75) is 19.4 Å². The number of cyclic esters (lactones) is 1. The van der Waals surface area contributed by atoms with E-state index in [0.717, 1.165) is 5.56 Å². The topological polar surface area (TPSA) is 66.8 Å². The van der Waals surface area contributed by atoms with Crippen LogP contribution in [0.5, 0.6) is 0 Å². The molecule has 1 unspecified atom stereocenters. The van der Waals surface area contributed by atoms with Gasteiger partial charge in [-0.05, 0) is 35.7 Å². The van der Waals surface area contributed by atoms with Crippen LogP contribution < -0.4 is 4.90 Å². The van der Waals surface area contributed by atoms with Crippen LogP contribution in [-0.4, -0.2) is 23.8 Å². The Morgan fingerprint density at radius 1 is 1.26 bits per heavy atom. The van der Waals surface area contributed by atoms with Crippen LogP contribution in [0.2, 0.25) is 0 Å². The van der Waals surface area contributed by atoms with Gasteiger partial charge in [0.1, 0.15) is 6.61 Å². The number of hydrogen-bond acceptors (Lipinski definition) is 3. The number of aryl methyl sites for hydroxylation is 1. The van der Waals surface area contributed by atoms with E-state index in [4.69, 9.17) is 4.74 Å². The van der Waals surface area contributed by atoms with E-state index in [-0.39, 0.29) is 18.2 Å². The Morgan fingerprint density at radius 3 is 2.65 bits per heavy atom. The molecule has 0 aromatic heterocycles. The number of carbonyl (C=O) groups excluding carboxylic acids is 1. The predicted molar refractivity (Wildman–Crippen MR) is 85.8 cm³/mol. The molecule has 5 heteroatoms. The molecule has 3 rings (SSSR count). The number of carbonyl (C=O) groups is 2. The summed E-state index contributed by atoms with van der Waals surface area (Å²) in [5, 5.41) is 9.23. The summed E-state index contributed by atoms with van der Waals surface area (Å²) in [6, 6.07) is 14.4. The molecule has 1 saturated heterocycles. The van der Waals surface area contributed by atoms with Crippen molar-refractivity contribution < 1.29 is 19.4 Å². The second-order valence-electron chi connectivity index (χ2n) is 5.37. The Hall–Kier alpha value is -2.82. The van der Waals surface area contributed by atoms with Crippen LogP contribution in [-0.2, 0) is 11.2 Å². The maximum absolute atomic E-state index is 12.2. The number of ether oxygens (including phenoxy) is 1. The quantitative estimate of drug-likeness (QED) is 0.936. The van der Waals surface area contributed by atoms with Gasteiger partial charge in [0.05, 0.1) is 11.6 Å². The molecule has 118 valence electrons. The highest BCUT2D eigenvalue weighted by atomic mass is 16.6. The van der Waals surface area contributed by atoms with E-state index in [0.29, 0.717) is 17.7 Å². The number of carboxylic acid groups (broad SMARTS) is 1. The Kier molecular flexibility index (Phi) is 4.02. The van der Waals surface area contributed by atoms with Crippen molar-refractivity contribution in [3.05, 3.63) is 65.2 Å². The van der Waals surface area contributed by atoms with Gasteiger partial charge in [-0.15, -0.1) is 0 Å². The molecular weight excluding hydrogens is 294 g/mol. The minimum Gasteiger partial charge on any atom is -0.478 e. The summed E-state index contributed by atoms with van der Waals surface area (Å²) < 4.78 is 5.21. The summed E-state index contributed by atoms with van der Waals surface area (Å²) in [5.74, 6) is -0.961. The first-order chi connectivity index (χ1) is 11.1. The number of rotatable bonds is 4. The molecular formula is C18H17NO4. The maximum atomic E-state index is 12.2. The van der Waals surface area contributed by atoms with Gasteiger partial charge in [-0.1, -0.05) is 37.3 Å². The first kappa shape index (κ1) is 15.1. The third-order valence-corrected chi connectivity index (χ3v) is 4.04. The van der Waals surface area contributed by atoms with Crippen molar-refractivity contribution >= 4 is 17.7 Å². The molecule has 0 saturated carbocycles. The van der Waals surface area contributed by atoms with Crippen LogP contribution in [0.1, 0.15) is 34.5 Å². The fourth-order valence-corrected chi connectivity index (χ4v) is 2.86. The van der Waals surface area contributed by atoms with Crippen molar-refractivity contribution in [3.8, 4) is 0 Å². The van der Waals surface area contributed by atoms with Crippen LogP contribution in [0.15, 0.2) is 48.5 Å². The molecule has 0 bridgehead atoms. The van der Waals surface area contributed by atoms with E-state index in [9.17, 15) is 14.7 Å². The summed E-state index contributed by atoms with van der Waals surface area (Å²) >= 11 is 0. The monoisotopic (exact) mass is 311 g/mol. The number of carboxylic acids is 1. The standard InChI is InChI=1S/C18H17NO4/c1-2-12-10-14(8-9-15(12)17(20)21)19-16(11-23-18(19)22)13-6-4-3-5-7-13/h3-10,16H,2,11H2,1H3,(H,20,21). The van der Waals surface area contributed by atoms with Crippen LogP contribution in [0.25, 0.3) is 0 Å². The number of anilines is 1. The van der Waals surface area contributed by atoms with Gasteiger partial charge in [-0.3, -0.25) is 4.90 Å². The molecule has 1 amide bonds. The fraction of sp³-hybridized carbons (Fsp3) is 0.222. The van der Waals surface area contributed by atoms with E-state index in [1.54, 1.807) is 23.1 Å². The average molecular weight is 311 g/mol. The molecule has 1 heterocycles. The van der Waals surface area contributed by atoms with Crippen LogP contribution in [0, 0.1) is 0 Å². The van der Waals surface area contributed by atoms with Crippen molar-refractivity contribution in [2.24, 2.45) is 0 Å². The number of nitrogens with zero attached hydrogens (tertiary/aromatic N) is 1. The molecule has 1 aliphatic heterocycles. The maximum Gasteiger partial charge on any atom is 0.415 e. The number of amides is 1. The molecule has 2 aromatic carbocycles. The van der Waals surface area contributed by atoms with Gasteiger partial charge >= 0.3 is 12.1 Å². The first-order valence-electron chi connectivity index (χ1n) is 7.49. The lowest BCUT2D eigenvalue weighted by Gasteiger charge is -2.22. The van der Waals surface area contributed by atoms with Gasteiger partial charge in [-0.2, -0.15) is 0 Å². The SMILES string of the molecule is CCc1cc(N2C(=O)OCC2c2ccccc2)ccc1C(=O)O. The highest BCUT2D eigenvalue weighted by Crippen LogP contribution is 2.34. The molecule has 0 radical (unpaired) electrons. The summed E-state index contributed by atoms with van der Waals surface area (Å²) in [7, 11) is 0. The van der Waals surface area contributed by atoms with Gasteiger partial charge in [0, 0.05) is 5.69 Å². The molecule has 1 aliphatic rings. The second kappa shape index (κ2) is 6.12. The fourth-order valence-electron chi connectivity index (χ4n) is 2.86. The van der Waals surface area contributed by atoms with E-state index < -0.39 is 12.1 Å². The zero-order valence-electron chi connectivity index (χ0n) is 12.7. The number of benzene rings is 2. The molecule has 1 N–H and O–H groups in total. The highest BCUT2D eigenvalue weighted by Gasteiger charge is 2.35. The smallest absolute Gasteiger partial charge is 0.415 e. The summed E-state index contributed by atoms with van der Waals surface area (Å²) in [6.45, 7) is 2.17. The lowest BCUT2D eigenvalue weighted by Crippen LogP contribution is -2.27. The van der Waals surface area contributed by atoms with Crippen LogP contribution >= 0.6 is 0 Å². The molecule has 2 aromatic rings. The zero-order valence-corrected chi connectivity index (χ0v) is 12.7. The minimum absolute atomic E-state index is 0.205. The van der Waals surface area contributed by atoms with Crippen LogP contribution in [0.3, 0.4) is 0 Å². The Balaban J connectivity index is 2.01. The third kappa shape index (κ3) is 2.77. The molecule has 1 fully saturated rings. The van der Waals surface area contributed by atoms with Crippen molar-refractivity contribution in [1.82, 2.24) is 0 Å². The van der Waals surface area contributed by atoms with Crippen molar-refractivity contribution in [1.29, 1.82) is 0 Å². The summed E-state index contributed by atoms with van der Waals surface area (Å²) in [5.41, 5.74) is 2.60. The Morgan fingerprint density at radius 2 is 2.00 bits per heavy atom. The van der Waals surface area contributed by atoms with Gasteiger partial charge in [-0.25, -0.2) is 9.59 Å². The minimum atomic E-state index is -0.961. The zero-order chi connectivity index (χ0) is 16.4. The predicted octanol–water partition coefficient (Wildman–Crippen LogP) is 3.65. The molecule has 1 atom stereocenters. The van der Waals surface area contributed by atoms with Gasteiger partial charge < -0.3 is 9.84 Å². The van der Waals surface area contributed by atoms with Crippen molar-refractivity contribution in [2.75, 3.05) is 11.5 Å². The van der Waals surface area contributed by atoms with Crippen LogP contribution in [0.4, 0.5) is 10.5 Å². The van der Waals surface area contributed by atoms with Gasteiger partial charge in [0.2, 0.25) is 0 Å². The largest absolute Gasteiger partial charge is 0.478 e. The van der Waals surface area contributed by atoms with Gasteiger partial charge in [0.25, 0.3) is 0 Å². The van der Waals surface area contributed by atoms with Gasteiger partial charge in [0.15, 0.2) is 0 Å². The average Bonchev–Trinajstić information content (AvgIpc) is 2.96. The normalized spacial score (nSPS) is 17.2. The van der Waals surface area contributed by atoms with E-state index >= 15 is 0 Å². The van der Waals surface area contributed by atoms with E-state index in [1.807, 2.05) is 37.3 Å². The Labute approximate surface area is 134 Å². The lowest BCUT2D eigenvalue weighted by molar-refractivity contribution is 0.0695. The summed E-state index contributed by atoms with van der Waals surface area (Å²) in [4.78, 5) is 25.0. The number of aromatic carboxylic acids is 1. The molecule has 0 spiro atoms. The second-order valence-corrected chi connectivity index (χ2v) is 5.37. The summed E-state index contributed by atoms with van der Waals surface area (Å²) in [6.07, 6.45) is 0.165.